The summed E-state index contributed by atoms with van der Waals surface area (Å²) in [6.07, 6.45) is 8.10. The molecule has 0 radical (unpaired) electrons. The van der Waals surface area contributed by atoms with Crippen molar-refractivity contribution in [3.63, 3.8) is 0 Å². The Kier molecular flexibility index (Phi) is 5.16. The third-order valence-corrected chi connectivity index (χ3v) is 5.37. The van der Waals surface area contributed by atoms with Gasteiger partial charge in [-0.25, -0.2) is 15.0 Å². The molecule has 3 heterocycles. The van der Waals surface area contributed by atoms with Crippen molar-refractivity contribution >= 4 is 16.9 Å². The quantitative estimate of drug-likeness (QED) is 0.356. The summed E-state index contributed by atoms with van der Waals surface area (Å²) in [4.78, 5) is 15.9. The summed E-state index contributed by atoms with van der Waals surface area (Å²) in [6.45, 7) is 1.70. The zero-order valence-corrected chi connectivity index (χ0v) is 17.0. The first-order chi connectivity index (χ1) is 15.3. The van der Waals surface area contributed by atoms with Crippen LogP contribution in [0.5, 0.6) is 0 Å². The standard InChI is InChI=1S/C24H23N7/c25-23-22-21(18-4-2-1-3-5-18)14-31(24(22)30-16-29-23)20-8-6-17(7-9-20)12-26-11-10-19-13-27-15-28-19/h1-9,13-16,26H,10-12H2,(H,27,28)(H2,25,29,30). The highest BCUT2D eigenvalue weighted by Gasteiger charge is 2.15. The first kappa shape index (κ1) is 19.0. The number of hydrogen-bond acceptors (Lipinski definition) is 5. The smallest absolute Gasteiger partial charge is 0.150 e. The van der Waals surface area contributed by atoms with E-state index < -0.39 is 0 Å². The average Bonchev–Trinajstić information content (AvgIpc) is 3.47. The van der Waals surface area contributed by atoms with Crippen molar-refractivity contribution in [3.05, 3.63) is 90.9 Å². The van der Waals surface area contributed by atoms with Crippen molar-refractivity contribution in [1.82, 2.24) is 29.8 Å². The lowest BCUT2D eigenvalue weighted by molar-refractivity contribution is 0.681. The van der Waals surface area contributed by atoms with Gasteiger partial charge in [0.2, 0.25) is 0 Å². The number of benzene rings is 2. The van der Waals surface area contributed by atoms with Gasteiger partial charge in [-0.1, -0.05) is 42.5 Å². The summed E-state index contributed by atoms with van der Waals surface area (Å²) >= 11 is 0. The van der Waals surface area contributed by atoms with Gasteiger partial charge in [0, 0.05) is 48.8 Å². The molecule has 0 atom stereocenters. The van der Waals surface area contributed by atoms with Crippen LogP contribution < -0.4 is 11.1 Å². The van der Waals surface area contributed by atoms with Gasteiger partial charge in [0.05, 0.1) is 11.7 Å². The second-order valence-electron chi connectivity index (χ2n) is 7.41. The van der Waals surface area contributed by atoms with Crippen LogP contribution in [0.1, 0.15) is 11.3 Å². The Morgan fingerprint density at radius 2 is 1.84 bits per heavy atom. The first-order valence-electron chi connectivity index (χ1n) is 10.2. The summed E-state index contributed by atoms with van der Waals surface area (Å²) in [6, 6.07) is 18.7. The zero-order chi connectivity index (χ0) is 21.0. The number of anilines is 1. The fourth-order valence-electron chi connectivity index (χ4n) is 3.77. The lowest BCUT2D eigenvalue weighted by atomic mass is 10.1. The van der Waals surface area contributed by atoms with Gasteiger partial charge < -0.3 is 20.6 Å². The predicted molar refractivity (Wildman–Crippen MR) is 123 cm³/mol. The zero-order valence-electron chi connectivity index (χ0n) is 17.0. The van der Waals surface area contributed by atoms with Crippen LogP contribution in [0.2, 0.25) is 0 Å². The Bertz CT molecular complexity index is 1270. The van der Waals surface area contributed by atoms with E-state index in [2.05, 4.69) is 72.4 Å². The number of H-pyrrole nitrogens is 1. The van der Waals surface area contributed by atoms with Gasteiger partial charge >= 0.3 is 0 Å². The SMILES string of the molecule is Nc1ncnc2c1c(-c1ccccc1)cn2-c1ccc(CNCCc2cnc[nH]2)cc1. The number of aromatic nitrogens is 5. The minimum Gasteiger partial charge on any atom is -0.383 e. The number of nitrogens with zero attached hydrogens (tertiary/aromatic N) is 4. The summed E-state index contributed by atoms with van der Waals surface area (Å²) in [5, 5.41) is 4.34. The van der Waals surface area contributed by atoms with Gasteiger partial charge in [0.25, 0.3) is 0 Å². The predicted octanol–water partition coefficient (Wildman–Crippen LogP) is 3.73. The minimum absolute atomic E-state index is 0.487. The van der Waals surface area contributed by atoms with Crippen molar-refractivity contribution in [2.75, 3.05) is 12.3 Å². The van der Waals surface area contributed by atoms with E-state index in [4.69, 9.17) is 5.73 Å². The molecule has 154 valence electrons. The molecule has 0 bridgehead atoms. The molecule has 4 N–H and O–H groups in total. The fraction of sp³-hybridized carbons (Fsp3) is 0.125. The van der Waals surface area contributed by atoms with Crippen LogP contribution in [0.4, 0.5) is 5.82 Å². The Labute approximate surface area is 180 Å². The molecule has 5 rings (SSSR count). The maximum Gasteiger partial charge on any atom is 0.150 e. The summed E-state index contributed by atoms with van der Waals surface area (Å²) in [7, 11) is 0. The van der Waals surface area contributed by atoms with E-state index in [0.717, 1.165) is 53.1 Å². The second kappa shape index (κ2) is 8.41. The van der Waals surface area contributed by atoms with E-state index in [1.54, 1.807) is 6.33 Å². The molecule has 2 aromatic carbocycles. The highest BCUT2D eigenvalue weighted by atomic mass is 15.1. The molecule has 0 spiro atoms. The number of nitrogen functional groups attached to an aromatic ring is 1. The van der Waals surface area contributed by atoms with Crippen LogP contribution in [-0.4, -0.2) is 31.0 Å². The van der Waals surface area contributed by atoms with E-state index in [1.165, 1.54) is 11.9 Å². The molecule has 0 fully saturated rings. The summed E-state index contributed by atoms with van der Waals surface area (Å²) in [5.41, 5.74) is 12.5. The van der Waals surface area contributed by atoms with Crippen molar-refractivity contribution in [2.45, 2.75) is 13.0 Å². The van der Waals surface area contributed by atoms with Gasteiger partial charge in [0.15, 0.2) is 5.65 Å². The lowest BCUT2D eigenvalue weighted by Gasteiger charge is -2.08. The highest BCUT2D eigenvalue weighted by molar-refractivity contribution is 6.01. The number of hydrogen-bond donors (Lipinski definition) is 3. The van der Waals surface area contributed by atoms with Gasteiger partial charge in [-0.3, -0.25) is 0 Å². The molecule has 31 heavy (non-hydrogen) atoms. The third-order valence-electron chi connectivity index (χ3n) is 5.37. The highest BCUT2D eigenvalue weighted by Crippen LogP contribution is 2.34. The number of aromatic amines is 1. The number of imidazole rings is 1. The normalized spacial score (nSPS) is 11.2. The third kappa shape index (κ3) is 3.91. The lowest BCUT2D eigenvalue weighted by Crippen LogP contribution is -2.16. The fourth-order valence-corrected chi connectivity index (χ4v) is 3.77. The van der Waals surface area contributed by atoms with Gasteiger partial charge in [-0.05, 0) is 23.3 Å². The topological polar surface area (TPSA) is 97.4 Å². The molecule has 0 saturated carbocycles. The van der Waals surface area contributed by atoms with Gasteiger partial charge in [-0.2, -0.15) is 0 Å². The molecular weight excluding hydrogens is 386 g/mol. The molecule has 0 amide bonds. The molecule has 3 aromatic heterocycles. The minimum atomic E-state index is 0.487. The molecule has 0 aliphatic heterocycles. The van der Waals surface area contributed by atoms with E-state index in [9.17, 15) is 0 Å². The molecule has 5 aromatic rings. The van der Waals surface area contributed by atoms with Crippen molar-refractivity contribution in [3.8, 4) is 16.8 Å². The van der Waals surface area contributed by atoms with Crippen molar-refractivity contribution in [2.24, 2.45) is 0 Å². The van der Waals surface area contributed by atoms with Crippen molar-refractivity contribution in [1.29, 1.82) is 0 Å². The van der Waals surface area contributed by atoms with E-state index in [1.807, 2.05) is 24.4 Å². The second-order valence-corrected chi connectivity index (χ2v) is 7.41. The summed E-state index contributed by atoms with van der Waals surface area (Å²) in [5.74, 6) is 0.487. The van der Waals surface area contributed by atoms with Gasteiger partial charge in [-0.15, -0.1) is 0 Å². The Morgan fingerprint density at radius 1 is 1.00 bits per heavy atom. The van der Waals surface area contributed by atoms with Crippen LogP contribution in [0.15, 0.2) is 79.6 Å². The number of nitrogens with one attached hydrogen (secondary N) is 2. The molecular formula is C24H23N7. The molecule has 0 saturated heterocycles. The summed E-state index contributed by atoms with van der Waals surface area (Å²) < 4.78 is 2.07. The average molecular weight is 409 g/mol. The monoisotopic (exact) mass is 409 g/mol. The first-order valence-corrected chi connectivity index (χ1v) is 10.2. The van der Waals surface area contributed by atoms with Crippen LogP contribution in [0.25, 0.3) is 27.8 Å². The maximum atomic E-state index is 6.23. The molecule has 0 aliphatic carbocycles. The van der Waals surface area contributed by atoms with Crippen LogP contribution in [0, 0.1) is 0 Å². The Morgan fingerprint density at radius 3 is 2.61 bits per heavy atom. The van der Waals surface area contributed by atoms with Crippen LogP contribution >= 0.6 is 0 Å². The number of nitrogens with two attached hydrogens (primary N) is 1. The van der Waals surface area contributed by atoms with Crippen LogP contribution in [-0.2, 0) is 13.0 Å². The maximum absolute atomic E-state index is 6.23. The number of fused-ring (bicyclic) bond motifs is 1. The molecule has 0 aliphatic rings. The molecule has 7 heteroatoms. The molecule has 7 nitrogen and oxygen atoms in total. The van der Waals surface area contributed by atoms with E-state index in [-0.39, 0.29) is 0 Å². The molecule has 0 unspecified atom stereocenters. The van der Waals surface area contributed by atoms with Crippen LogP contribution in [0.3, 0.4) is 0 Å². The van der Waals surface area contributed by atoms with Crippen molar-refractivity contribution < 1.29 is 0 Å². The van der Waals surface area contributed by atoms with Gasteiger partial charge in [0.1, 0.15) is 12.1 Å². The van der Waals surface area contributed by atoms with E-state index in [0.29, 0.717) is 5.82 Å². The van der Waals surface area contributed by atoms with E-state index >= 15 is 0 Å². The number of rotatable bonds is 7. The Hall–Kier alpha value is -3.97. The largest absolute Gasteiger partial charge is 0.383 e. The Balaban J connectivity index is 1.39.